The van der Waals surface area contributed by atoms with Crippen molar-refractivity contribution in [2.24, 2.45) is 0 Å². The molecule has 0 aliphatic heterocycles. The van der Waals surface area contributed by atoms with Crippen molar-refractivity contribution in [2.75, 3.05) is 9.80 Å². The first-order valence-electron chi connectivity index (χ1n) is 23.4. The quantitative estimate of drug-likeness (QED) is 0.143. The molecule has 0 bridgehead atoms. The lowest BCUT2D eigenvalue weighted by Crippen LogP contribution is -2.28. The minimum absolute atomic E-state index is 0.528. The van der Waals surface area contributed by atoms with Crippen LogP contribution in [0.1, 0.15) is 22.3 Å². The molecule has 0 spiro atoms. The van der Waals surface area contributed by atoms with E-state index in [0.717, 1.165) is 50.8 Å². The predicted molar refractivity (Wildman–Crippen MR) is 285 cm³/mol. The molecular formula is C65H45N3. The summed E-state index contributed by atoms with van der Waals surface area (Å²) in [4.78, 5) is 4.71. The lowest BCUT2D eigenvalue weighted by atomic mass is 9.67. The number of benzene rings is 11. The van der Waals surface area contributed by atoms with Gasteiger partial charge in [0.25, 0.3) is 0 Å². The molecule has 0 saturated heterocycles. The van der Waals surface area contributed by atoms with Crippen LogP contribution in [0, 0.1) is 0 Å². The Bertz CT molecular complexity index is 3700. The van der Waals surface area contributed by atoms with E-state index in [2.05, 4.69) is 287 Å². The third-order valence-electron chi connectivity index (χ3n) is 14.0. The molecule has 1 heterocycles. The Morgan fingerprint density at radius 1 is 0.279 bits per heavy atom. The summed E-state index contributed by atoms with van der Waals surface area (Å²) in [7, 11) is 0. The Kier molecular flexibility index (Phi) is 9.40. The molecule has 0 radical (unpaired) electrons. The van der Waals surface area contributed by atoms with Crippen molar-refractivity contribution in [2.45, 2.75) is 5.41 Å². The van der Waals surface area contributed by atoms with Crippen LogP contribution in [-0.4, -0.2) is 4.57 Å². The third kappa shape index (κ3) is 6.28. The van der Waals surface area contributed by atoms with Gasteiger partial charge in [0, 0.05) is 50.6 Å². The average molecular weight is 868 g/mol. The average Bonchev–Trinajstić information content (AvgIpc) is 3.90. The summed E-state index contributed by atoms with van der Waals surface area (Å²) < 4.78 is 2.45. The van der Waals surface area contributed by atoms with Crippen LogP contribution in [0.2, 0.25) is 0 Å². The van der Waals surface area contributed by atoms with Gasteiger partial charge in [0.05, 0.1) is 16.4 Å². The molecule has 320 valence electrons. The first-order chi connectivity index (χ1) is 33.7. The van der Waals surface area contributed by atoms with Gasteiger partial charge in [-0.05, 0) is 147 Å². The lowest BCUT2D eigenvalue weighted by Gasteiger charge is -2.34. The molecule has 0 saturated carbocycles. The molecule has 0 amide bonds. The van der Waals surface area contributed by atoms with Crippen molar-refractivity contribution in [3.05, 3.63) is 295 Å². The van der Waals surface area contributed by atoms with Crippen LogP contribution in [0.5, 0.6) is 0 Å². The smallest absolute Gasteiger partial charge is 0.0713 e. The van der Waals surface area contributed by atoms with Crippen molar-refractivity contribution in [3.63, 3.8) is 0 Å². The fourth-order valence-electron chi connectivity index (χ4n) is 11.1. The van der Waals surface area contributed by atoms with Crippen molar-refractivity contribution in [1.82, 2.24) is 4.57 Å². The Morgan fingerprint density at radius 3 is 1.29 bits per heavy atom. The highest BCUT2D eigenvalue weighted by Crippen LogP contribution is 2.56. The van der Waals surface area contributed by atoms with Crippen LogP contribution in [0.4, 0.5) is 34.1 Å². The van der Waals surface area contributed by atoms with Crippen molar-refractivity contribution in [3.8, 4) is 16.8 Å². The van der Waals surface area contributed by atoms with E-state index in [-0.39, 0.29) is 0 Å². The molecule has 1 aromatic heterocycles. The topological polar surface area (TPSA) is 11.4 Å². The highest BCUT2D eigenvalue weighted by molar-refractivity contribution is 6.11. The number of para-hydroxylation sites is 3. The van der Waals surface area contributed by atoms with Gasteiger partial charge in [-0.25, -0.2) is 0 Å². The Labute approximate surface area is 396 Å². The fourth-order valence-corrected chi connectivity index (χ4v) is 11.1. The second-order valence-corrected chi connectivity index (χ2v) is 17.7. The van der Waals surface area contributed by atoms with E-state index >= 15 is 0 Å². The van der Waals surface area contributed by atoms with Crippen LogP contribution >= 0.6 is 0 Å². The van der Waals surface area contributed by atoms with Gasteiger partial charge in [-0.15, -0.1) is 0 Å². The Morgan fingerprint density at radius 2 is 0.706 bits per heavy atom. The fraction of sp³-hybridized carbons (Fsp3) is 0.0154. The van der Waals surface area contributed by atoms with E-state index in [9.17, 15) is 0 Å². The molecule has 1 aliphatic rings. The predicted octanol–water partition coefficient (Wildman–Crippen LogP) is 17.2. The van der Waals surface area contributed by atoms with Crippen molar-refractivity contribution >= 4 is 66.7 Å². The molecule has 0 atom stereocenters. The van der Waals surface area contributed by atoms with Crippen molar-refractivity contribution < 1.29 is 0 Å². The molecule has 1 aliphatic carbocycles. The van der Waals surface area contributed by atoms with Gasteiger partial charge >= 0.3 is 0 Å². The molecule has 3 nitrogen and oxygen atoms in total. The lowest BCUT2D eigenvalue weighted by molar-refractivity contribution is 0.770. The van der Waals surface area contributed by atoms with E-state index in [1.165, 1.54) is 54.9 Å². The Hall–Kier alpha value is -8.92. The SMILES string of the molecule is c1ccc(N(c2ccc(-n3c4ccc(N(c5ccccc5)c5ccccc5)cc4c4cc(C5(c6ccccc6)c6ccccc6-c6ccccc65)ccc43)cc2)c2ccc3ccccc3c2)cc1. The second kappa shape index (κ2) is 16.2. The molecule has 13 rings (SSSR count). The van der Waals surface area contributed by atoms with E-state index in [4.69, 9.17) is 0 Å². The molecule has 0 fully saturated rings. The minimum Gasteiger partial charge on any atom is -0.310 e. The summed E-state index contributed by atoms with van der Waals surface area (Å²) in [5.74, 6) is 0. The van der Waals surface area contributed by atoms with Crippen LogP contribution in [0.15, 0.2) is 273 Å². The number of hydrogen-bond acceptors (Lipinski definition) is 2. The van der Waals surface area contributed by atoms with Crippen LogP contribution in [0.25, 0.3) is 49.4 Å². The molecule has 68 heavy (non-hydrogen) atoms. The van der Waals surface area contributed by atoms with Gasteiger partial charge in [0.2, 0.25) is 0 Å². The largest absolute Gasteiger partial charge is 0.310 e. The summed E-state index contributed by atoms with van der Waals surface area (Å²) in [6, 6.07) is 99.8. The molecule has 0 unspecified atom stereocenters. The number of fused-ring (bicyclic) bond motifs is 7. The number of aromatic nitrogens is 1. The zero-order valence-corrected chi connectivity index (χ0v) is 37.3. The first kappa shape index (κ1) is 39.4. The molecule has 3 heteroatoms. The van der Waals surface area contributed by atoms with Gasteiger partial charge in [0.15, 0.2) is 0 Å². The number of rotatable bonds is 9. The summed E-state index contributed by atoms with van der Waals surface area (Å²) >= 11 is 0. The van der Waals surface area contributed by atoms with Gasteiger partial charge in [-0.2, -0.15) is 0 Å². The summed E-state index contributed by atoms with van der Waals surface area (Å²) in [5, 5.41) is 4.82. The number of hydrogen-bond donors (Lipinski definition) is 0. The van der Waals surface area contributed by atoms with E-state index in [1.807, 2.05) is 0 Å². The van der Waals surface area contributed by atoms with Gasteiger partial charge < -0.3 is 14.4 Å². The van der Waals surface area contributed by atoms with Crippen molar-refractivity contribution in [1.29, 1.82) is 0 Å². The van der Waals surface area contributed by atoms with Crippen LogP contribution in [-0.2, 0) is 5.41 Å². The van der Waals surface area contributed by atoms with E-state index < -0.39 is 5.41 Å². The normalized spacial score (nSPS) is 12.5. The first-order valence-corrected chi connectivity index (χ1v) is 23.4. The van der Waals surface area contributed by atoms with Gasteiger partial charge in [0.1, 0.15) is 0 Å². The van der Waals surface area contributed by atoms with Gasteiger partial charge in [-0.3, -0.25) is 0 Å². The van der Waals surface area contributed by atoms with Gasteiger partial charge in [-0.1, -0.05) is 170 Å². The number of anilines is 6. The zero-order valence-electron chi connectivity index (χ0n) is 37.3. The molecule has 11 aromatic carbocycles. The van der Waals surface area contributed by atoms with Crippen LogP contribution in [0.3, 0.4) is 0 Å². The van der Waals surface area contributed by atoms with Crippen LogP contribution < -0.4 is 9.80 Å². The highest BCUT2D eigenvalue weighted by atomic mass is 15.1. The Balaban J connectivity index is 1.04. The summed E-state index contributed by atoms with van der Waals surface area (Å²) in [5.41, 5.74) is 17.2. The standard InChI is InChI=1S/C65H45N3/c1-5-21-48(22-6-1)65(61-31-17-15-29-57(61)58-30-16-18-32-62(58)65)49-34-41-63-59(44-49)60-45-56(66(50-23-7-2-8-24-50)51-25-9-3-10-26-51)40-42-64(60)68(63)54-38-36-53(37-39-54)67(52-27-11-4-12-28-52)55-35-33-46-19-13-14-20-47(46)43-55/h1-45H. The highest BCUT2D eigenvalue weighted by Gasteiger charge is 2.46. The molecule has 12 aromatic rings. The molecule has 0 N–H and O–H groups in total. The second-order valence-electron chi connectivity index (χ2n) is 17.7. The number of nitrogens with zero attached hydrogens (tertiary/aromatic N) is 3. The molecular weight excluding hydrogens is 823 g/mol. The monoisotopic (exact) mass is 867 g/mol. The maximum absolute atomic E-state index is 2.49. The minimum atomic E-state index is -0.528. The summed E-state index contributed by atoms with van der Waals surface area (Å²) in [6.45, 7) is 0. The summed E-state index contributed by atoms with van der Waals surface area (Å²) in [6.07, 6.45) is 0. The van der Waals surface area contributed by atoms with E-state index in [0.29, 0.717) is 0 Å². The maximum atomic E-state index is 2.49. The van der Waals surface area contributed by atoms with E-state index in [1.54, 1.807) is 0 Å². The zero-order chi connectivity index (χ0) is 45.0. The maximum Gasteiger partial charge on any atom is 0.0713 e. The third-order valence-corrected chi connectivity index (χ3v) is 14.0.